The second kappa shape index (κ2) is 9.41. The molecule has 1 aromatic heterocycles. The van der Waals surface area contributed by atoms with Crippen molar-refractivity contribution in [2.24, 2.45) is 0 Å². The number of ether oxygens (including phenoxy) is 1. The van der Waals surface area contributed by atoms with E-state index in [0.29, 0.717) is 29.1 Å². The van der Waals surface area contributed by atoms with Crippen molar-refractivity contribution in [3.05, 3.63) is 83.6 Å². The molecular formula is C21H19FN4O3. The van der Waals surface area contributed by atoms with Crippen LogP contribution in [0.4, 0.5) is 15.9 Å². The molecule has 0 saturated carbocycles. The number of amides is 1. The number of hydrogen-bond donors (Lipinski definition) is 2. The van der Waals surface area contributed by atoms with E-state index in [1.807, 2.05) is 0 Å². The van der Waals surface area contributed by atoms with Crippen LogP contribution >= 0.6 is 0 Å². The molecule has 0 fully saturated rings. The largest absolute Gasteiger partial charge is 0.465 e. The molecule has 0 bridgehead atoms. The maximum absolute atomic E-state index is 13.6. The molecule has 0 spiro atoms. The lowest BCUT2D eigenvalue weighted by atomic mass is 10.1. The van der Waals surface area contributed by atoms with Gasteiger partial charge < -0.3 is 15.4 Å². The van der Waals surface area contributed by atoms with Gasteiger partial charge in [-0.15, -0.1) is 0 Å². The van der Waals surface area contributed by atoms with E-state index < -0.39 is 11.9 Å². The number of aromatic nitrogens is 2. The molecule has 7 nitrogen and oxygen atoms in total. The molecule has 148 valence electrons. The number of para-hydroxylation sites is 1. The summed E-state index contributed by atoms with van der Waals surface area (Å²) in [6, 6.07) is 13.2. The standard InChI is InChI=1S/C21H19FN4O3/c1-29-21(28)15-7-3-5-9-17(15)26-19-13-24-18(12-25-19)20(27)23-11-10-14-6-2-4-8-16(14)22/h2-9,12-13H,10-11H2,1H3,(H,23,27)(H,25,26). The number of methoxy groups -OCH3 is 1. The van der Waals surface area contributed by atoms with Gasteiger partial charge in [0, 0.05) is 6.54 Å². The first-order chi connectivity index (χ1) is 14.1. The fourth-order valence-corrected chi connectivity index (χ4v) is 2.63. The lowest BCUT2D eigenvalue weighted by Gasteiger charge is -2.10. The van der Waals surface area contributed by atoms with Crippen molar-refractivity contribution in [3.63, 3.8) is 0 Å². The highest BCUT2D eigenvalue weighted by Crippen LogP contribution is 2.19. The highest BCUT2D eigenvalue weighted by molar-refractivity contribution is 5.96. The molecule has 0 saturated heterocycles. The Morgan fingerprint density at radius 2 is 1.79 bits per heavy atom. The smallest absolute Gasteiger partial charge is 0.339 e. The van der Waals surface area contributed by atoms with E-state index in [2.05, 4.69) is 20.6 Å². The Labute approximate surface area is 167 Å². The summed E-state index contributed by atoms with van der Waals surface area (Å²) in [6.07, 6.45) is 3.08. The Hall–Kier alpha value is -3.81. The maximum atomic E-state index is 13.6. The zero-order valence-electron chi connectivity index (χ0n) is 15.7. The summed E-state index contributed by atoms with van der Waals surface area (Å²) in [4.78, 5) is 32.2. The van der Waals surface area contributed by atoms with Gasteiger partial charge >= 0.3 is 5.97 Å². The average Bonchev–Trinajstić information content (AvgIpc) is 2.75. The van der Waals surface area contributed by atoms with E-state index in [0.717, 1.165) is 0 Å². The van der Waals surface area contributed by atoms with E-state index in [-0.39, 0.29) is 18.1 Å². The minimum Gasteiger partial charge on any atom is -0.465 e. The molecule has 0 aliphatic rings. The van der Waals surface area contributed by atoms with Crippen molar-refractivity contribution >= 4 is 23.4 Å². The Bertz CT molecular complexity index is 1010. The Kier molecular flexibility index (Phi) is 6.47. The van der Waals surface area contributed by atoms with Gasteiger partial charge in [-0.3, -0.25) is 4.79 Å². The van der Waals surface area contributed by atoms with Gasteiger partial charge in [-0.1, -0.05) is 30.3 Å². The lowest BCUT2D eigenvalue weighted by Crippen LogP contribution is -2.26. The zero-order chi connectivity index (χ0) is 20.6. The van der Waals surface area contributed by atoms with Gasteiger partial charge in [-0.2, -0.15) is 0 Å². The molecule has 29 heavy (non-hydrogen) atoms. The predicted octanol–water partition coefficient (Wildman–Crippen LogP) is 3.12. The van der Waals surface area contributed by atoms with Crippen molar-refractivity contribution in [1.29, 1.82) is 0 Å². The second-order valence-electron chi connectivity index (χ2n) is 6.05. The molecule has 0 radical (unpaired) electrons. The molecule has 2 aromatic carbocycles. The molecule has 1 amide bonds. The number of halogens is 1. The molecule has 0 atom stereocenters. The summed E-state index contributed by atoms with van der Waals surface area (Å²) >= 11 is 0. The fraction of sp³-hybridized carbons (Fsp3) is 0.143. The van der Waals surface area contributed by atoms with E-state index in [9.17, 15) is 14.0 Å². The highest BCUT2D eigenvalue weighted by Gasteiger charge is 2.13. The number of benzene rings is 2. The monoisotopic (exact) mass is 394 g/mol. The third-order valence-electron chi connectivity index (χ3n) is 4.12. The van der Waals surface area contributed by atoms with Crippen molar-refractivity contribution < 1.29 is 18.7 Å². The number of anilines is 2. The summed E-state index contributed by atoms with van der Waals surface area (Å²) in [5.41, 5.74) is 1.52. The topological polar surface area (TPSA) is 93.2 Å². The van der Waals surface area contributed by atoms with Crippen molar-refractivity contribution in [1.82, 2.24) is 15.3 Å². The number of carbonyl (C=O) groups excluding carboxylic acids is 2. The fourth-order valence-electron chi connectivity index (χ4n) is 2.63. The Morgan fingerprint density at radius 3 is 2.52 bits per heavy atom. The summed E-state index contributed by atoms with van der Waals surface area (Å²) in [7, 11) is 1.30. The van der Waals surface area contributed by atoms with Crippen LogP contribution in [0.25, 0.3) is 0 Å². The molecule has 3 aromatic rings. The van der Waals surface area contributed by atoms with Crippen LogP contribution in [0.3, 0.4) is 0 Å². The first-order valence-corrected chi connectivity index (χ1v) is 8.86. The molecule has 8 heteroatoms. The Morgan fingerprint density at radius 1 is 1.03 bits per heavy atom. The van der Waals surface area contributed by atoms with Crippen molar-refractivity contribution in [3.8, 4) is 0 Å². The third-order valence-corrected chi connectivity index (χ3v) is 4.12. The molecule has 0 aliphatic carbocycles. The van der Waals surface area contributed by atoms with E-state index >= 15 is 0 Å². The molecule has 3 rings (SSSR count). The molecule has 0 aliphatic heterocycles. The van der Waals surface area contributed by atoms with E-state index in [1.54, 1.807) is 42.5 Å². The van der Waals surface area contributed by atoms with Crippen LogP contribution in [-0.2, 0) is 11.2 Å². The van der Waals surface area contributed by atoms with Gasteiger partial charge in [0.1, 0.15) is 17.3 Å². The maximum Gasteiger partial charge on any atom is 0.339 e. The summed E-state index contributed by atoms with van der Waals surface area (Å²) in [6.45, 7) is 0.272. The minimum atomic E-state index is -0.480. The van der Waals surface area contributed by atoms with Gasteiger partial charge in [0.2, 0.25) is 0 Å². The number of hydrogen-bond acceptors (Lipinski definition) is 6. The van der Waals surface area contributed by atoms with E-state index in [1.165, 1.54) is 25.6 Å². The van der Waals surface area contributed by atoms with Gasteiger partial charge in [-0.25, -0.2) is 19.2 Å². The van der Waals surface area contributed by atoms with Crippen molar-refractivity contribution in [2.45, 2.75) is 6.42 Å². The number of rotatable bonds is 7. The average molecular weight is 394 g/mol. The minimum absolute atomic E-state index is 0.130. The van der Waals surface area contributed by atoms with Crippen LogP contribution in [0.1, 0.15) is 26.4 Å². The number of nitrogens with zero attached hydrogens (tertiary/aromatic N) is 2. The van der Waals surface area contributed by atoms with Gasteiger partial charge in [0.25, 0.3) is 5.91 Å². The third kappa shape index (κ3) is 5.13. The quantitative estimate of drug-likeness (QED) is 0.598. The second-order valence-corrected chi connectivity index (χ2v) is 6.05. The lowest BCUT2D eigenvalue weighted by molar-refractivity contribution is 0.0601. The summed E-state index contributed by atoms with van der Waals surface area (Å²) in [5, 5.41) is 5.66. The normalized spacial score (nSPS) is 10.3. The highest BCUT2D eigenvalue weighted by atomic mass is 19.1. The number of nitrogens with one attached hydrogen (secondary N) is 2. The van der Waals surface area contributed by atoms with Crippen LogP contribution in [0.15, 0.2) is 60.9 Å². The van der Waals surface area contributed by atoms with Crippen LogP contribution in [0.5, 0.6) is 0 Å². The number of carbonyl (C=O) groups is 2. The SMILES string of the molecule is COC(=O)c1ccccc1Nc1cnc(C(=O)NCCc2ccccc2F)cn1. The van der Waals surface area contributed by atoms with Crippen LogP contribution in [0, 0.1) is 5.82 Å². The van der Waals surface area contributed by atoms with Crippen LogP contribution in [0.2, 0.25) is 0 Å². The first kappa shape index (κ1) is 19.9. The van der Waals surface area contributed by atoms with Gasteiger partial charge in [-0.05, 0) is 30.2 Å². The number of esters is 1. The zero-order valence-corrected chi connectivity index (χ0v) is 15.7. The predicted molar refractivity (Wildman–Crippen MR) is 106 cm³/mol. The van der Waals surface area contributed by atoms with Gasteiger partial charge in [0.15, 0.2) is 0 Å². The Balaban J connectivity index is 1.59. The van der Waals surface area contributed by atoms with E-state index in [4.69, 9.17) is 4.74 Å². The molecule has 2 N–H and O–H groups in total. The summed E-state index contributed by atoms with van der Waals surface area (Å²) < 4.78 is 18.3. The summed E-state index contributed by atoms with van der Waals surface area (Å²) in [5.74, 6) is -0.823. The van der Waals surface area contributed by atoms with Crippen LogP contribution < -0.4 is 10.6 Å². The van der Waals surface area contributed by atoms with Gasteiger partial charge in [0.05, 0.1) is 30.8 Å². The van der Waals surface area contributed by atoms with Crippen LogP contribution in [-0.4, -0.2) is 35.5 Å². The molecule has 0 unspecified atom stereocenters. The first-order valence-electron chi connectivity index (χ1n) is 8.86. The molecule has 1 heterocycles. The van der Waals surface area contributed by atoms with Crippen molar-refractivity contribution in [2.75, 3.05) is 19.0 Å². The molecular weight excluding hydrogens is 375 g/mol.